The molecule has 2 rings (SSSR count). The normalized spacial score (nSPS) is 9.78. The van der Waals surface area contributed by atoms with Gasteiger partial charge in [0.05, 0.1) is 18.9 Å². The molecule has 1 aromatic heterocycles. The summed E-state index contributed by atoms with van der Waals surface area (Å²) in [5.74, 6) is -1.46. The first kappa shape index (κ1) is 16.1. The molecular formula is C15H14N2O6. The van der Waals surface area contributed by atoms with E-state index in [9.17, 15) is 14.4 Å². The fourth-order valence-corrected chi connectivity index (χ4v) is 1.60. The summed E-state index contributed by atoms with van der Waals surface area (Å²) < 4.78 is 14.7. The molecule has 0 atom stereocenters. The van der Waals surface area contributed by atoms with E-state index in [4.69, 9.17) is 13.9 Å². The van der Waals surface area contributed by atoms with Crippen LogP contribution in [0, 0.1) is 0 Å². The summed E-state index contributed by atoms with van der Waals surface area (Å²) in [4.78, 5) is 34.8. The third kappa shape index (κ3) is 4.60. The second kappa shape index (κ2) is 7.64. The van der Waals surface area contributed by atoms with Gasteiger partial charge in [0.2, 0.25) is 0 Å². The smallest absolute Gasteiger partial charge is 0.338 e. The molecule has 0 radical (unpaired) electrons. The summed E-state index contributed by atoms with van der Waals surface area (Å²) in [6.07, 6.45) is 1.33. The zero-order chi connectivity index (χ0) is 16.7. The summed E-state index contributed by atoms with van der Waals surface area (Å²) in [7, 11) is 1.47. The number of methoxy groups -OCH3 is 1. The summed E-state index contributed by atoms with van der Waals surface area (Å²) >= 11 is 0. The lowest BCUT2D eigenvalue weighted by molar-refractivity contribution is -0.125. The minimum atomic E-state index is -0.693. The van der Waals surface area contributed by atoms with Gasteiger partial charge in [-0.05, 0) is 30.3 Å². The maximum absolute atomic E-state index is 11.8. The monoisotopic (exact) mass is 318 g/mol. The Morgan fingerprint density at radius 2 is 1.96 bits per heavy atom. The summed E-state index contributed by atoms with van der Waals surface area (Å²) in [6.45, 7) is -0.547. The number of esters is 1. The van der Waals surface area contributed by atoms with Crippen molar-refractivity contribution in [1.29, 1.82) is 0 Å². The van der Waals surface area contributed by atoms with E-state index in [0.717, 1.165) is 0 Å². The number of rotatable bonds is 5. The Hall–Kier alpha value is -3.29. The molecule has 0 aliphatic rings. The van der Waals surface area contributed by atoms with Crippen molar-refractivity contribution in [3.05, 3.63) is 54.0 Å². The molecule has 0 unspecified atom stereocenters. The quantitative estimate of drug-likeness (QED) is 0.627. The van der Waals surface area contributed by atoms with E-state index < -0.39 is 24.4 Å². The van der Waals surface area contributed by atoms with E-state index >= 15 is 0 Å². The van der Waals surface area contributed by atoms with Gasteiger partial charge in [-0.1, -0.05) is 6.07 Å². The molecule has 2 aromatic rings. The first-order chi connectivity index (χ1) is 11.1. The number of furan rings is 1. The van der Waals surface area contributed by atoms with Crippen LogP contribution in [0.15, 0.2) is 47.1 Å². The number of carbonyl (C=O) groups is 3. The van der Waals surface area contributed by atoms with Crippen molar-refractivity contribution >= 4 is 17.8 Å². The Kier molecular flexibility index (Phi) is 5.35. The maximum Gasteiger partial charge on any atom is 0.338 e. The van der Waals surface area contributed by atoms with E-state index in [-0.39, 0.29) is 11.3 Å². The fourth-order valence-electron chi connectivity index (χ4n) is 1.60. The highest BCUT2D eigenvalue weighted by molar-refractivity contribution is 5.94. The van der Waals surface area contributed by atoms with Gasteiger partial charge in [-0.2, -0.15) is 0 Å². The molecule has 120 valence electrons. The predicted octanol–water partition coefficient (Wildman–Crippen LogP) is 0.906. The van der Waals surface area contributed by atoms with Crippen LogP contribution >= 0.6 is 0 Å². The first-order valence-electron chi connectivity index (χ1n) is 6.54. The molecule has 8 heteroatoms. The van der Waals surface area contributed by atoms with Gasteiger partial charge in [-0.15, -0.1) is 0 Å². The van der Waals surface area contributed by atoms with Crippen LogP contribution in [0.3, 0.4) is 0 Å². The third-order valence-electron chi connectivity index (χ3n) is 2.70. The number of benzene rings is 1. The number of hydrogen-bond acceptors (Lipinski definition) is 6. The highest BCUT2D eigenvalue weighted by atomic mass is 16.5. The zero-order valence-electron chi connectivity index (χ0n) is 12.2. The molecule has 0 saturated heterocycles. The zero-order valence-corrected chi connectivity index (χ0v) is 12.2. The summed E-state index contributed by atoms with van der Waals surface area (Å²) in [5, 5.41) is 0. The van der Waals surface area contributed by atoms with Crippen LogP contribution < -0.4 is 15.6 Å². The van der Waals surface area contributed by atoms with E-state index in [2.05, 4.69) is 10.9 Å². The molecule has 2 amide bonds. The number of hydrazine groups is 1. The van der Waals surface area contributed by atoms with Crippen LogP contribution in [0.25, 0.3) is 0 Å². The molecule has 8 nitrogen and oxygen atoms in total. The van der Waals surface area contributed by atoms with Gasteiger partial charge in [-0.25, -0.2) is 4.79 Å². The van der Waals surface area contributed by atoms with Crippen LogP contribution in [0.4, 0.5) is 0 Å². The van der Waals surface area contributed by atoms with Gasteiger partial charge in [0.25, 0.3) is 5.91 Å². The molecule has 23 heavy (non-hydrogen) atoms. The average Bonchev–Trinajstić information content (AvgIpc) is 3.12. The lowest BCUT2D eigenvalue weighted by Gasteiger charge is -2.07. The fraction of sp³-hybridized carbons (Fsp3) is 0.133. The number of amides is 2. The minimum Gasteiger partial charge on any atom is -0.497 e. The Balaban J connectivity index is 1.77. The van der Waals surface area contributed by atoms with Crippen LogP contribution in [-0.2, 0) is 9.53 Å². The lowest BCUT2D eigenvalue weighted by Crippen LogP contribution is -2.43. The van der Waals surface area contributed by atoms with Crippen molar-refractivity contribution in [2.24, 2.45) is 0 Å². The minimum absolute atomic E-state index is 0.0404. The van der Waals surface area contributed by atoms with Crippen LogP contribution in [0.5, 0.6) is 5.75 Å². The second-order valence-electron chi connectivity index (χ2n) is 4.29. The molecule has 0 aliphatic carbocycles. The summed E-state index contributed by atoms with van der Waals surface area (Å²) in [6, 6.07) is 9.28. The molecular weight excluding hydrogens is 304 g/mol. The van der Waals surface area contributed by atoms with Gasteiger partial charge in [0.1, 0.15) is 5.75 Å². The van der Waals surface area contributed by atoms with Gasteiger partial charge < -0.3 is 13.9 Å². The SMILES string of the molecule is COc1cccc(C(=O)OCC(=O)NNC(=O)c2ccco2)c1. The lowest BCUT2D eigenvalue weighted by atomic mass is 10.2. The molecule has 2 N–H and O–H groups in total. The van der Waals surface area contributed by atoms with Crippen LogP contribution in [0.2, 0.25) is 0 Å². The van der Waals surface area contributed by atoms with Crippen molar-refractivity contribution in [3.8, 4) is 5.75 Å². The van der Waals surface area contributed by atoms with Gasteiger partial charge >= 0.3 is 11.9 Å². The second-order valence-corrected chi connectivity index (χ2v) is 4.29. The number of carbonyl (C=O) groups excluding carboxylic acids is 3. The van der Waals surface area contributed by atoms with E-state index in [1.54, 1.807) is 12.1 Å². The van der Waals surface area contributed by atoms with Gasteiger partial charge in [0.15, 0.2) is 12.4 Å². The third-order valence-corrected chi connectivity index (χ3v) is 2.70. The van der Waals surface area contributed by atoms with Crippen molar-refractivity contribution in [3.63, 3.8) is 0 Å². The first-order valence-corrected chi connectivity index (χ1v) is 6.54. The average molecular weight is 318 g/mol. The highest BCUT2D eigenvalue weighted by Crippen LogP contribution is 2.13. The van der Waals surface area contributed by atoms with E-state index in [1.165, 1.54) is 37.6 Å². The van der Waals surface area contributed by atoms with Crippen molar-refractivity contribution in [2.75, 3.05) is 13.7 Å². The Morgan fingerprint density at radius 3 is 2.65 bits per heavy atom. The topological polar surface area (TPSA) is 107 Å². The molecule has 0 aliphatic heterocycles. The van der Waals surface area contributed by atoms with Crippen LogP contribution in [-0.4, -0.2) is 31.5 Å². The molecule has 0 bridgehead atoms. The van der Waals surface area contributed by atoms with Crippen molar-refractivity contribution in [1.82, 2.24) is 10.9 Å². The Labute approximate surface area is 131 Å². The van der Waals surface area contributed by atoms with E-state index in [0.29, 0.717) is 5.75 Å². The van der Waals surface area contributed by atoms with Crippen molar-refractivity contribution in [2.45, 2.75) is 0 Å². The number of nitrogens with one attached hydrogen (secondary N) is 2. The van der Waals surface area contributed by atoms with Crippen molar-refractivity contribution < 1.29 is 28.3 Å². The van der Waals surface area contributed by atoms with Gasteiger partial charge in [-0.3, -0.25) is 20.4 Å². The largest absolute Gasteiger partial charge is 0.497 e. The van der Waals surface area contributed by atoms with Crippen LogP contribution in [0.1, 0.15) is 20.9 Å². The Morgan fingerprint density at radius 1 is 1.13 bits per heavy atom. The standard InChI is InChI=1S/C15H14N2O6/c1-21-11-5-2-4-10(8-11)15(20)23-9-13(18)16-17-14(19)12-6-3-7-22-12/h2-8H,9H2,1H3,(H,16,18)(H,17,19). The molecule has 0 spiro atoms. The maximum atomic E-state index is 11.8. The molecule has 0 saturated carbocycles. The summed E-state index contributed by atoms with van der Waals surface area (Å²) in [5.41, 5.74) is 4.47. The molecule has 1 aromatic carbocycles. The Bertz CT molecular complexity index is 696. The van der Waals surface area contributed by atoms with E-state index in [1.807, 2.05) is 0 Å². The predicted molar refractivity (Wildman–Crippen MR) is 77.6 cm³/mol. The number of ether oxygens (including phenoxy) is 2. The molecule has 1 heterocycles. The van der Waals surface area contributed by atoms with Gasteiger partial charge in [0, 0.05) is 0 Å². The molecule has 0 fully saturated rings. The highest BCUT2D eigenvalue weighted by Gasteiger charge is 2.13. The number of hydrogen-bond donors (Lipinski definition) is 2.